The molecule has 0 spiro atoms. The Morgan fingerprint density at radius 2 is 2.10 bits per heavy atom. The minimum atomic E-state index is 0.520. The summed E-state index contributed by atoms with van der Waals surface area (Å²) < 4.78 is 5.28. The monoisotopic (exact) mass is 271 g/mol. The van der Waals surface area contributed by atoms with Gasteiger partial charge in [0.05, 0.1) is 6.54 Å². The van der Waals surface area contributed by atoms with E-state index in [0.717, 1.165) is 18.2 Å². The lowest BCUT2D eigenvalue weighted by atomic mass is 10.1. The average Bonchev–Trinajstić information content (AvgIpc) is 3.15. The molecule has 20 heavy (non-hydrogen) atoms. The molecule has 1 aliphatic carbocycles. The number of hydrogen-bond donors (Lipinski definition) is 1. The van der Waals surface area contributed by atoms with Crippen molar-refractivity contribution in [1.82, 2.24) is 15.5 Å². The smallest absolute Gasteiger partial charge is 0.240 e. The van der Waals surface area contributed by atoms with Crippen molar-refractivity contribution in [3.63, 3.8) is 0 Å². The molecule has 106 valence electrons. The molecular formula is C16H21N3O. The topological polar surface area (TPSA) is 51.0 Å². The number of rotatable bonds is 7. The SMILES string of the molecule is CC(CC1CC1)NCc1nc(Cc2ccccc2)no1. The van der Waals surface area contributed by atoms with Crippen molar-refractivity contribution in [3.05, 3.63) is 47.6 Å². The van der Waals surface area contributed by atoms with Gasteiger partial charge in [0.25, 0.3) is 0 Å². The van der Waals surface area contributed by atoms with Crippen LogP contribution in [0.15, 0.2) is 34.9 Å². The molecule has 0 saturated heterocycles. The van der Waals surface area contributed by atoms with E-state index < -0.39 is 0 Å². The summed E-state index contributed by atoms with van der Waals surface area (Å²) in [4.78, 5) is 4.43. The van der Waals surface area contributed by atoms with Gasteiger partial charge >= 0.3 is 0 Å². The van der Waals surface area contributed by atoms with Gasteiger partial charge in [-0.15, -0.1) is 0 Å². The molecule has 1 unspecified atom stereocenters. The zero-order chi connectivity index (χ0) is 13.8. The molecule has 1 fully saturated rings. The molecule has 3 rings (SSSR count). The van der Waals surface area contributed by atoms with Gasteiger partial charge in [-0.25, -0.2) is 0 Å². The molecule has 2 aromatic rings. The van der Waals surface area contributed by atoms with Crippen LogP contribution in [0, 0.1) is 5.92 Å². The summed E-state index contributed by atoms with van der Waals surface area (Å²) >= 11 is 0. The predicted molar refractivity (Wildman–Crippen MR) is 77.2 cm³/mol. The standard InChI is InChI=1S/C16H21N3O/c1-12(9-14-7-8-14)17-11-16-18-15(19-20-16)10-13-5-3-2-4-6-13/h2-6,12,14,17H,7-11H2,1H3. The number of hydrogen-bond acceptors (Lipinski definition) is 4. The van der Waals surface area contributed by atoms with Crippen molar-refractivity contribution in [3.8, 4) is 0 Å². The van der Waals surface area contributed by atoms with Gasteiger partial charge in [0.2, 0.25) is 5.89 Å². The lowest BCUT2D eigenvalue weighted by Crippen LogP contribution is -2.26. The highest BCUT2D eigenvalue weighted by atomic mass is 16.5. The fraction of sp³-hybridized carbons (Fsp3) is 0.500. The van der Waals surface area contributed by atoms with Gasteiger partial charge in [0.15, 0.2) is 5.82 Å². The first-order chi connectivity index (χ1) is 9.79. The molecule has 0 amide bonds. The van der Waals surface area contributed by atoms with Crippen LogP contribution in [0.2, 0.25) is 0 Å². The largest absolute Gasteiger partial charge is 0.338 e. The van der Waals surface area contributed by atoms with E-state index in [1.807, 2.05) is 18.2 Å². The zero-order valence-corrected chi connectivity index (χ0v) is 11.9. The molecule has 1 heterocycles. The van der Waals surface area contributed by atoms with E-state index in [9.17, 15) is 0 Å². The van der Waals surface area contributed by atoms with Crippen molar-refractivity contribution < 1.29 is 4.52 Å². The molecule has 0 aliphatic heterocycles. The molecule has 1 aromatic heterocycles. The second kappa shape index (κ2) is 6.18. The van der Waals surface area contributed by atoms with Gasteiger partial charge < -0.3 is 9.84 Å². The summed E-state index contributed by atoms with van der Waals surface area (Å²) in [6.45, 7) is 2.88. The Morgan fingerprint density at radius 3 is 2.85 bits per heavy atom. The highest BCUT2D eigenvalue weighted by molar-refractivity contribution is 5.18. The van der Waals surface area contributed by atoms with Gasteiger partial charge in [0.1, 0.15) is 0 Å². The minimum absolute atomic E-state index is 0.520. The third kappa shape index (κ3) is 3.90. The Hall–Kier alpha value is -1.68. The van der Waals surface area contributed by atoms with E-state index in [0.29, 0.717) is 18.5 Å². The van der Waals surface area contributed by atoms with Crippen molar-refractivity contribution >= 4 is 0 Å². The van der Waals surface area contributed by atoms with Crippen molar-refractivity contribution in [2.75, 3.05) is 0 Å². The maximum Gasteiger partial charge on any atom is 0.240 e. The summed E-state index contributed by atoms with van der Waals surface area (Å²) in [6.07, 6.45) is 4.77. The van der Waals surface area contributed by atoms with Gasteiger partial charge in [-0.05, 0) is 24.8 Å². The Labute approximate surface area is 119 Å². The van der Waals surface area contributed by atoms with Crippen LogP contribution in [0.4, 0.5) is 0 Å². The number of nitrogens with one attached hydrogen (secondary N) is 1. The third-order valence-corrected chi connectivity index (χ3v) is 3.70. The highest BCUT2D eigenvalue weighted by Crippen LogP contribution is 2.33. The molecule has 4 nitrogen and oxygen atoms in total. The maximum atomic E-state index is 5.28. The van der Waals surface area contributed by atoms with Crippen LogP contribution in [0.1, 0.15) is 43.5 Å². The Bertz CT molecular complexity index is 534. The van der Waals surface area contributed by atoms with Gasteiger partial charge in [-0.3, -0.25) is 0 Å². The third-order valence-electron chi connectivity index (χ3n) is 3.70. The summed E-state index contributed by atoms with van der Waals surface area (Å²) in [5.74, 6) is 2.37. The minimum Gasteiger partial charge on any atom is -0.338 e. The van der Waals surface area contributed by atoms with Gasteiger partial charge in [0, 0.05) is 12.5 Å². The molecule has 0 bridgehead atoms. The fourth-order valence-electron chi connectivity index (χ4n) is 2.41. The summed E-state index contributed by atoms with van der Waals surface area (Å²) in [6, 6.07) is 10.7. The quantitative estimate of drug-likeness (QED) is 0.841. The number of benzene rings is 1. The lowest BCUT2D eigenvalue weighted by molar-refractivity contribution is 0.351. The van der Waals surface area contributed by atoms with Crippen LogP contribution in [0.5, 0.6) is 0 Å². The molecule has 1 aliphatic rings. The molecule has 1 atom stereocenters. The molecular weight excluding hydrogens is 250 g/mol. The molecule has 4 heteroatoms. The van der Waals surface area contributed by atoms with E-state index in [1.165, 1.54) is 24.8 Å². The zero-order valence-electron chi connectivity index (χ0n) is 11.9. The Balaban J connectivity index is 1.48. The summed E-state index contributed by atoms with van der Waals surface area (Å²) in [5, 5.41) is 7.49. The van der Waals surface area contributed by atoms with Crippen LogP contribution in [-0.4, -0.2) is 16.2 Å². The van der Waals surface area contributed by atoms with E-state index in [4.69, 9.17) is 4.52 Å². The second-order valence-electron chi connectivity index (χ2n) is 5.73. The Kier molecular flexibility index (Phi) is 4.11. The molecule has 1 N–H and O–H groups in total. The second-order valence-corrected chi connectivity index (χ2v) is 5.73. The highest BCUT2D eigenvalue weighted by Gasteiger charge is 2.23. The van der Waals surface area contributed by atoms with E-state index >= 15 is 0 Å². The predicted octanol–water partition coefficient (Wildman–Crippen LogP) is 2.94. The summed E-state index contributed by atoms with van der Waals surface area (Å²) in [7, 11) is 0. The van der Waals surface area contributed by atoms with Gasteiger partial charge in [-0.2, -0.15) is 4.98 Å². The molecule has 1 aromatic carbocycles. The van der Waals surface area contributed by atoms with E-state index in [-0.39, 0.29) is 0 Å². The van der Waals surface area contributed by atoms with E-state index in [2.05, 4.69) is 34.5 Å². The van der Waals surface area contributed by atoms with Crippen molar-refractivity contribution in [2.45, 2.75) is 45.2 Å². The molecule has 1 saturated carbocycles. The van der Waals surface area contributed by atoms with Crippen molar-refractivity contribution in [2.24, 2.45) is 5.92 Å². The number of aromatic nitrogens is 2. The summed E-state index contributed by atoms with van der Waals surface area (Å²) in [5.41, 5.74) is 1.20. The molecule has 0 radical (unpaired) electrons. The Morgan fingerprint density at radius 1 is 1.30 bits per heavy atom. The van der Waals surface area contributed by atoms with Crippen LogP contribution >= 0.6 is 0 Å². The van der Waals surface area contributed by atoms with Crippen molar-refractivity contribution in [1.29, 1.82) is 0 Å². The average molecular weight is 271 g/mol. The maximum absolute atomic E-state index is 5.28. The first-order valence-corrected chi connectivity index (χ1v) is 7.38. The van der Waals surface area contributed by atoms with Crippen LogP contribution in [-0.2, 0) is 13.0 Å². The lowest BCUT2D eigenvalue weighted by Gasteiger charge is -2.10. The van der Waals surface area contributed by atoms with Crippen LogP contribution in [0.25, 0.3) is 0 Å². The normalized spacial score (nSPS) is 16.2. The fourth-order valence-corrected chi connectivity index (χ4v) is 2.41. The first kappa shape index (κ1) is 13.3. The van der Waals surface area contributed by atoms with Gasteiger partial charge in [-0.1, -0.05) is 48.3 Å². The number of nitrogens with zero attached hydrogens (tertiary/aromatic N) is 2. The van der Waals surface area contributed by atoms with Crippen LogP contribution < -0.4 is 5.32 Å². The van der Waals surface area contributed by atoms with E-state index in [1.54, 1.807) is 0 Å². The van der Waals surface area contributed by atoms with Crippen LogP contribution in [0.3, 0.4) is 0 Å². The first-order valence-electron chi connectivity index (χ1n) is 7.38.